The number of imidazole rings is 1. The number of aryl methyl sites for hydroxylation is 1. The molecule has 3 heterocycles. The smallest absolute Gasteiger partial charge is 0.152 e. The molecule has 4 rings (SSSR count). The van der Waals surface area contributed by atoms with Crippen LogP contribution in [0.2, 0.25) is 0 Å². The molecule has 5 nitrogen and oxygen atoms in total. The molecule has 0 amide bonds. The number of nitrogens with zero attached hydrogens (tertiary/aromatic N) is 4. The molecule has 0 bridgehead atoms. The highest BCUT2D eigenvalue weighted by atomic mass is 127. The van der Waals surface area contributed by atoms with Crippen molar-refractivity contribution >= 4 is 51.7 Å². The topological polar surface area (TPSA) is 69.6 Å². The van der Waals surface area contributed by atoms with Gasteiger partial charge >= 0.3 is 0 Å². The van der Waals surface area contributed by atoms with E-state index in [1.54, 1.807) is 12.4 Å². The van der Waals surface area contributed by atoms with Gasteiger partial charge in [-0.2, -0.15) is 0 Å². The number of hydrogen-bond acceptors (Lipinski definition) is 4. The van der Waals surface area contributed by atoms with E-state index in [9.17, 15) is 0 Å². The third kappa shape index (κ3) is 3.22. The number of para-hydroxylation sites is 1. The van der Waals surface area contributed by atoms with E-state index in [4.69, 9.17) is 10.7 Å². The molecule has 26 heavy (non-hydrogen) atoms. The standard InChI is InChI=1S/C20H17N5.HI/c1-2-17-24-18-19(15-9-3-4-10-16(15)23-20(18)21)25(17)12-6-8-14-7-5-11-22-13-14;/h3-5,7,9-11,13H,2,12H2,1H3,(H2,21,23);1H. The molecule has 2 N–H and O–H groups in total. The largest absolute Gasteiger partial charge is 0.382 e. The van der Waals surface area contributed by atoms with E-state index >= 15 is 0 Å². The monoisotopic (exact) mass is 455 g/mol. The van der Waals surface area contributed by atoms with E-state index in [-0.39, 0.29) is 24.0 Å². The van der Waals surface area contributed by atoms with E-state index in [0.29, 0.717) is 12.4 Å². The van der Waals surface area contributed by atoms with Crippen molar-refractivity contribution in [1.29, 1.82) is 0 Å². The maximum atomic E-state index is 6.15. The molecule has 0 aliphatic carbocycles. The van der Waals surface area contributed by atoms with Gasteiger partial charge in [-0.3, -0.25) is 4.98 Å². The molecule has 0 atom stereocenters. The second-order valence-electron chi connectivity index (χ2n) is 5.72. The van der Waals surface area contributed by atoms with Crippen LogP contribution in [0.1, 0.15) is 18.3 Å². The number of aromatic nitrogens is 4. The summed E-state index contributed by atoms with van der Waals surface area (Å²) in [6.07, 6.45) is 4.31. The van der Waals surface area contributed by atoms with Crippen molar-refractivity contribution in [2.45, 2.75) is 19.9 Å². The van der Waals surface area contributed by atoms with Crippen LogP contribution in [0.3, 0.4) is 0 Å². The summed E-state index contributed by atoms with van der Waals surface area (Å²) in [6.45, 7) is 2.63. The lowest BCUT2D eigenvalue weighted by Gasteiger charge is -2.06. The summed E-state index contributed by atoms with van der Waals surface area (Å²) in [5.74, 6) is 7.80. The average molecular weight is 455 g/mol. The molecule has 0 radical (unpaired) electrons. The zero-order valence-corrected chi connectivity index (χ0v) is 16.6. The molecule has 0 saturated heterocycles. The van der Waals surface area contributed by atoms with Gasteiger partial charge in [0.25, 0.3) is 0 Å². The quantitative estimate of drug-likeness (QED) is 0.369. The van der Waals surface area contributed by atoms with Gasteiger partial charge in [0.1, 0.15) is 11.3 Å². The van der Waals surface area contributed by atoms with Gasteiger partial charge in [-0.25, -0.2) is 9.97 Å². The second-order valence-corrected chi connectivity index (χ2v) is 5.72. The molecule has 0 spiro atoms. The predicted octanol–water partition coefficient (Wildman–Crippen LogP) is 3.79. The number of anilines is 1. The van der Waals surface area contributed by atoms with Crippen LogP contribution >= 0.6 is 24.0 Å². The highest BCUT2D eigenvalue weighted by Crippen LogP contribution is 2.28. The normalized spacial score (nSPS) is 10.3. The number of halogens is 1. The first-order valence-corrected chi connectivity index (χ1v) is 8.20. The fourth-order valence-electron chi connectivity index (χ4n) is 3.00. The fraction of sp³-hybridized carbons (Fsp3) is 0.150. The molecule has 3 aromatic heterocycles. The first-order valence-electron chi connectivity index (χ1n) is 8.20. The lowest BCUT2D eigenvalue weighted by Crippen LogP contribution is -2.02. The Labute approximate surface area is 168 Å². The van der Waals surface area contributed by atoms with Crippen LogP contribution in [-0.4, -0.2) is 19.5 Å². The lowest BCUT2D eigenvalue weighted by molar-refractivity contribution is 0.783. The summed E-state index contributed by atoms with van der Waals surface area (Å²) in [4.78, 5) is 13.3. The number of nitrogen functional groups attached to an aromatic ring is 1. The Morgan fingerprint density at radius 3 is 2.73 bits per heavy atom. The molecule has 4 aromatic rings. The van der Waals surface area contributed by atoms with Crippen LogP contribution in [0.15, 0.2) is 48.8 Å². The third-order valence-electron chi connectivity index (χ3n) is 4.14. The van der Waals surface area contributed by atoms with E-state index in [0.717, 1.165) is 39.7 Å². The van der Waals surface area contributed by atoms with E-state index in [1.807, 2.05) is 30.3 Å². The van der Waals surface area contributed by atoms with Gasteiger partial charge in [-0.15, -0.1) is 24.0 Å². The summed E-state index contributed by atoms with van der Waals surface area (Å²) >= 11 is 0. The van der Waals surface area contributed by atoms with Crippen LogP contribution < -0.4 is 5.73 Å². The van der Waals surface area contributed by atoms with Gasteiger partial charge in [0.2, 0.25) is 0 Å². The van der Waals surface area contributed by atoms with Crippen molar-refractivity contribution < 1.29 is 0 Å². The molecule has 1 aromatic carbocycles. The minimum absolute atomic E-state index is 0. The zero-order valence-electron chi connectivity index (χ0n) is 14.3. The Balaban J connectivity index is 0.00000196. The number of fused-ring (bicyclic) bond motifs is 3. The van der Waals surface area contributed by atoms with Crippen LogP contribution in [0.25, 0.3) is 21.9 Å². The number of pyridine rings is 2. The average Bonchev–Trinajstić information content (AvgIpc) is 3.02. The van der Waals surface area contributed by atoms with E-state index in [1.165, 1.54) is 0 Å². The molecule has 0 unspecified atom stereocenters. The van der Waals surface area contributed by atoms with Crippen molar-refractivity contribution in [2.24, 2.45) is 0 Å². The molecule has 0 aliphatic heterocycles. The highest BCUT2D eigenvalue weighted by Gasteiger charge is 2.15. The molecule has 6 heteroatoms. The first-order chi connectivity index (χ1) is 12.3. The van der Waals surface area contributed by atoms with Gasteiger partial charge < -0.3 is 10.3 Å². The minimum Gasteiger partial charge on any atom is -0.382 e. The van der Waals surface area contributed by atoms with Crippen LogP contribution in [0, 0.1) is 11.8 Å². The van der Waals surface area contributed by atoms with E-state index in [2.05, 4.69) is 39.4 Å². The maximum absolute atomic E-state index is 6.15. The maximum Gasteiger partial charge on any atom is 0.152 e. The van der Waals surface area contributed by atoms with Gasteiger partial charge in [0.15, 0.2) is 5.82 Å². The summed E-state index contributed by atoms with van der Waals surface area (Å²) in [6, 6.07) is 11.8. The molecular weight excluding hydrogens is 437 g/mol. The Morgan fingerprint density at radius 2 is 1.96 bits per heavy atom. The zero-order chi connectivity index (χ0) is 17.2. The summed E-state index contributed by atoms with van der Waals surface area (Å²) in [5, 5.41) is 1.04. The molecular formula is C20H18IN5. The number of benzene rings is 1. The van der Waals surface area contributed by atoms with Crippen molar-refractivity contribution in [3.63, 3.8) is 0 Å². The summed E-state index contributed by atoms with van der Waals surface area (Å²) < 4.78 is 2.14. The first kappa shape index (κ1) is 18.1. The molecule has 0 aliphatic rings. The SMILES string of the molecule is CCc1nc2c(N)nc3ccccc3c2n1CC#Cc1cccnc1.I. The fourth-order valence-corrected chi connectivity index (χ4v) is 3.00. The van der Waals surface area contributed by atoms with Crippen molar-refractivity contribution in [3.8, 4) is 11.8 Å². The highest BCUT2D eigenvalue weighted by molar-refractivity contribution is 14.0. The number of hydrogen-bond donors (Lipinski definition) is 1. The van der Waals surface area contributed by atoms with Crippen molar-refractivity contribution in [1.82, 2.24) is 19.5 Å². The van der Waals surface area contributed by atoms with E-state index < -0.39 is 0 Å². The lowest BCUT2D eigenvalue weighted by atomic mass is 10.2. The molecule has 0 saturated carbocycles. The van der Waals surface area contributed by atoms with Crippen molar-refractivity contribution in [2.75, 3.05) is 5.73 Å². The second kappa shape index (κ2) is 7.70. The van der Waals surface area contributed by atoms with Crippen LogP contribution in [0.5, 0.6) is 0 Å². The third-order valence-corrected chi connectivity index (χ3v) is 4.14. The van der Waals surface area contributed by atoms with Crippen LogP contribution in [0.4, 0.5) is 5.82 Å². The molecule has 130 valence electrons. The number of nitrogens with two attached hydrogens (primary N) is 1. The number of rotatable bonds is 2. The van der Waals surface area contributed by atoms with Gasteiger partial charge in [-0.05, 0) is 18.2 Å². The predicted molar refractivity (Wildman–Crippen MR) is 115 cm³/mol. The van der Waals surface area contributed by atoms with Crippen LogP contribution in [-0.2, 0) is 13.0 Å². The Hall–Kier alpha value is -2.66. The van der Waals surface area contributed by atoms with Gasteiger partial charge in [-0.1, -0.05) is 37.0 Å². The van der Waals surface area contributed by atoms with Gasteiger partial charge in [0.05, 0.1) is 17.6 Å². The van der Waals surface area contributed by atoms with Gasteiger partial charge in [0, 0.05) is 29.8 Å². The molecule has 0 fully saturated rings. The Morgan fingerprint density at radius 1 is 1.12 bits per heavy atom. The van der Waals surface area contributed by atoms with Crippen molar-refractivity contribution in [3.05, 3.63) is 60.2 Å². The summed E-state index contributed by atoms with van der Waals surface area (Å²) in [7, 11) is 0. The minimum atomic E-state index is 0. The summed E-state index contributed by atoms with van der Waals surface area (Å²) in [5.41, 5.74) is 9.67. The Bertz CT molecular complexity index is 1120. The Kier molecular flexibility index (Phi) is 5.38.